The maximum atomic E-state index is 13.9. The highest BCUT2D eigenvalue weighted by molar-refractivity contribution is 6.32. The second-order valence-electron chi connectivity index (χ2n) is 9.34. The minimum absolute atomic E-state index is 0.0914. The van der Waals surface area contributed by atoms with E-state index in [9.17, 15) is 19.2 Å². The molecule has 7 nitrogen and oxygen atoms in total. The molecule has 4 heterocycles. The molecule has 1 N–H and O–H groups in total. The molecule has 2 aromatic rings. The number of ketones is 1. The Balaban J connectivity index is 1.52. The summed E-state index contributed by atoms with van der Waals surface area (Å²) in [5, 5.41) is 3.53. The van der Waals surface area contributed by atoms with Crippen LogP contribution >= 0.6 is 11.6 Å². The zero-order valence-electron chi connectivity index (χ0n) is 18.2. The van der Waals surface area contributed by atoms with Gasteiger partial charge in [0, 0.05) is 22.2 Å². The number of fused-ring (bicyclic) bond motifs is 7. The second kappa shape index (κ2) is 6.74. The number of anilines is 2. The van der Waals surface area contributed by atoms with Gasteiger partial charge in [-0.1, -0.05) is 17.7 Å². The van der Waals surface area contributed by atoms with Crippen molar-refractivity contribution in [3.8, 4) is 0 Å². The van der Waals surface area contributed by atoms with Crippen molar-refractivity contribution in [2.45, 2.75) is 38.3 Å². The third-order valence-electron chi connectivity index (χ3n) is 7.89. The first kappa shape index (κ1) is 20.6. The Bertz CT molecular complexity index is 1270. The molecule has 0 aliphatic carbocycles. The zero-order chi connectivity index (χ0) is 23.2. The number of imide groups is 1. The number of carbonyl (C=O) groups excluding carboxylic acids is 4. The molecule has 2 aromatic carbocycles. The lowest BCUT2D eigenvalue weighted by Gasteiger charge is -2.36. The quantitative estimate of drug-likeness (QED) is 0.545. The van der Waals surface area contributed by atoms with E-state index in [1.54, 1.807) is 30.3 Å². The summed E-state index contributed by atoms with van der Waals surface area (Å²) in [5.41, 5.74) is 1.83. The minimum atomic E-state index is -1.22. The predicted octanol–water partition coefficient (Wildman–Crippen LogP) is 3.28. The van der Waals surface area contributed by atoms with Gasteiger partial charge in [0.05, 0.1) is 23.2 Å². The fourth-order valence-electron chi connectivity index (χ4n) is 6.49. The molecule has 3 fully saturated rings. The van der Waals surface area contributed by atoms with E-state index in [1.165, 1.54) is 11.8 Å². The number of benzene rings is 2. The van der Waals surface area contributed by atoms with Gasteiger partial charge in [0.25, 0.3) is 0 Å². The highest BCUT2D eigenvalue weighted by atomic mass is 35.5. The first-order valence-electron chi connectivity index (χ1n) is 11.1. The van der Waals surface area contributed by atoms with Gasteiger partial charge in [-0.3, -0.25) is 24.1 Å². The number of nitrogens with one attached hydrogen (secondary N) is 1. The van der Waals surface area contributed by atoms with Crippen molar-refractivity contribution in [2.75, 3.05) is 16.8 Å². The van der Waals surface area contributed by atoms with Crippen LogP contribution in [-0.4, -0.2) is 41.0 Å². The summed E-state index contributed by atoms with van der Waals surface area (Å²) < 4.78 is 0. The van der Waals surface area contributed by atoms with E-state index in [0.717, 1.165) is 24.0 Å². The van der Waals surface area contributed by atoms with Crippen LogP contribution in [0.3, 0.4) is 0 Å². The highest BCUT2D eigenvalue weighted by Gasteiger charge is 2.74. The van der Waals surface area contributed by atoms with Crippen molar-refractivity contribution in [1.29, 1.82) is 0 Å². The summed E-state index contributed by atoms with van der Waals surface area (Å²) in [4.78, 5) is 56.3. The number of Topliss-reactive ketones (excluding diaryl/α,β-unsaturated/α-hetero) is 1. The van der Waals surface area contributed by atoms with E-state index in [1.807, 2.05) is 13.0 Å². The van der Waals surface area contributed by atoms with E-state index in [0.29, 0.717) is 28.5 Å². The molecule has 0 saturated carbocycles. The Hall–Kier alpha value is -3.03. The molecule has 33 heavy (non-hydrogen) atoms. The van der Waals surface area contributed by atoms with Crippen LogP contribution in [0.4, 0.5) is 11.4 Å². The standard InChI is InChI=1S/C25H22ClN3O4/c1-12-17(26)10-9-16-21(12)27-24(33)25(16)20-19(18-4-3-11-28(18)25)22(31)29(23(20)32)15-7-5-14(6-8-15)13(2)30/h5-10,18-20H,3-4,11H2,1-2H3,(H,27,33)/t18-,19+,20-,25+/m0/s1. The molecule has 0 bridgehead atoms. The van der Waals surface area contributed by atoms with Crippen LogP contribution in [0.2, 0.25) is 5.02 Å². The lowest BCUT2D eigenvalue weighted by Crippen LogP contribution is -2.54. The first-order valence-corrected chi connectivity index (χ1v) is 11.5. The summed E-state index contributed by atoms with van der Waals surface area (Å²) in [6.45, 7) is 3.97. The number of hydrogen-bond acceptors (Lipinski definition) is 5. The van der Waals surface area contributed by atoms with E-state index in [4.69, 9.17) is 11.6 Å². The van der Waals surface area contributed by atoms with E-state index >= 15 is 0 Å². The molecule has 4 aliphatic rings. The van der Waals surface area contributed by atoms with Crippen molar-refractivity contribution in [3.63, 3.8) is 0 Å². The maximum absolute atomic E-state index is 13.9. The van der Waals surface area contributed by atoms with E-state index < -0.39 is 17.4 Å². The summed E-state index contributed by atoms with van der Waals surface area (Å²) in [6, 6.07) is 9.89. The SMILES string of the molecule is CC(=O)c1ccc(N2C(=O)[C@H]3[C@@H](C2=O)[C@]2(C(=O)Nc4c2ccc(Cl)c4C)N2CCC[C@@H]32)cc1. The molecule has 0 unspecified atom stereocenters. The summed E-state index contributed by atoms with van der Waals surface area (Å²) in [5.74, 6) is -2.42. The molecule has 1 spiro atoms. The third-order valence-corrected chi connectivity index (χ3v) is 8.30. The normalized spacial score (nSPS) is 30.1. The van der Waals surface area contributed by atoms with Crippen molar-refractivity contribution >= 4 is 46.5 Å². The van der Waals surface area contributed by atoms with Gasteiger partial charge in [0.2, 0.25) is 17.7 Å². The maximum Gasteiger partial charge on any atom is 0.250 e. The van der Waals surface area contributed by atoms with Gasteiger partial charge in [-0.2, -0.15) is 0 Å². The minimum Gasteiger partial charge on any atom is -0.324 e. The smallest absolute Gasteiger partial charge is 0.250 e. The van der Waals surface area contributed by atoms with E-state index in [2.05, 4.69) is 10.2 Å². The van der Waals surface area contributed by atoms with Crippen molar-refractivity contribution in [1.82, 2.24) is 4.90 Å². The largest absolute Gasteiger partial charge is 0.324 e. The zero-order valence-corrected chi connectivity index (χ0v) is 19.0. The Labute approximate surface area is 195 Å². The van der Waals surface area contributed by atoms with Crippen LogP contribution < -0.4 is 10.2 Å². The lowest BCUT2D eigenvalue weighted by molar-refractivity contribution is -0.135. The lowest BCUT2D eigenvalue weighted by atomic mass is 9.75. The monoisotopic (exact) mass is 463 g/mol. The van der Waals surface area contributed by atoms with Gasteiger partial charge >= 0.3 is 0 Å². The molecule has 4 aliphatic heterocycles. The topological polar surface area (TPSA) is 86.8 Å². The van der Waals surface area contributed by atoms with Crippen LogP contribution in [0.25, 0.3) is 0 Å². The van der Waals surface area contributed by atoms with Crippen LogP contribution in [0.1, 0.15) is 41.3 Å². The molecule has 3 amide bonds. The number of carbonyl (C=O) groups is 4. The molecular formula is C25H22ClN3O4. The van der Waals surface area contributed by atoms with Crippen molar-refractivity contribution in [3.05, 3.63) is 58.1 Å². The fourth-order valence-corrected chi connectivity index (χ4v) is 6.65. The highest BCUT2D eigenvalue weighted by Crippen LogP contribution is 2.61. The molecular weight excluding hydrogens is 442 g/mol. The summed E-state index contributed by atoms with van der Waals surface area (Å²) in [6.07, 6.45) is 1.62. The Morgan fingerprint density at radius 1 is 1.09 bits per heavy atom. The number of halogens is 1. The fraction of sp³-hybridized carbons (Fsp3) is 0.360. The average molecular weight is 464 g/mol. The first-order chi connectivity index (χ1) is 15.8. The third kappa shape index (κ3) is 2.39. The van der Waals surface area contributed by atoms with Gasteiger partial charge < -0.3 is 5.32 Å². The van der Waals surface area contributed by atoms with Crippen LogP contribution in [0, 0.1) is 18.8 Å². The number of rotatable bonds is 2. The van der Waals surface area contributed by atoms with Gasteiger partial charge in [-0.25, -0.2) is 4.90 Å². The second-order valence-corrected chi connectivity index (χ2v) is 9.74. The molecule has 3 saturated heterocycles. The van der Waals surface area contributed by atoms with Gasteiger partial charge in [0.15, 0.2) is 5.78 Å². The molecule has 0 radical (unpaired) electrons. The van der Waals surface area contributed by atoms with Gasteiger partial charge in [-0.05, 0) is 69.1 Å². The Morgan fingerprint density at radius 2 is 1.82 bits per heavy atom. The van der Waals surface area contributed by atoms with Crippen LogP contribution in [0.15, 0.2) is 36.4 Å². The summed E-state index contributed by atoms with van der Waals surface area (Å²) in [7, 11) is 0. The molecule has 168 valence electrons. The van der Waals surface area contributed by atoms with Gasteiger partial charge in [0.1, 0.15) is 5.54 Å². The summed E-state index contributed by atoms with van der Waals surface area (Å²) >= 11 is 6.33. The van der Waals surface area contributed by atoms with Crippen molar-refractivity contribution < 1.29 is 19.2 Å². The molecule has 8 heteroatoms. The Kier molecular flexibility index (Phi) is 4.20. The molecule has 6 rings (SSSR count). The van der Waals surface area contributed by atoms with Crippen molar-refractivity contribution in [2.24, 2.45) is 11.8 Å². The van der Waals surface area contributed by atoms with Gasteiger partial charge in [-0.15, -0.1) is 0 Å². The number of nitrogens with zero attached hydrogens (tertiary/aromatic N) is 2. The molecule has 0 aromatic heterocycles. The Morgan fingerprint density at radius 3 is 2.52 bits per heavy atom. The number of amides is 3. The van der Waals surface area contributed by atoms with Crippen LogP contribution in [-0.2, 0) is 19.9 Å². The molecule has 4 atom stereocenters. The number of hydrogen-bond donors (Lipinski definition) is 1. The van der Waals surface area contributed by atoms with Crippen LogP contribution in [0.5, 0.6) is 0 Å². The average Bonchev–Trinajstić information content (AvgIpc) is 3.50. The van der Waals surface area contributed by atoms with E-state index in [-0.39, 0.29) is 29.5 Å². The predicted molar refractivity (Wildman–Crippen MR) is 122 cm³/mol.